The first kappa shape index (κ1) is 12.4. The molecule has 3 amide bonds. The van der Waals surface area contributed by atoms with E-state index in [-0.39, 0.29) is 24.2 Å². The number of aliphatic imine (C=N–C) groups is 1. The second kappa shape index (κ2) is 5.05. The number of hydrogen-bond acceptors (Lipinski definition) is 3. The van der Waals surface area contributed by atoms with Crippen molar-refractivity contribution in [2.75, 3.05) is 17.3 Å². The number of nitrogens with two attached hydrogens (primary N) is 1. The van der Waals surface area contributed by atoms with E-state index >= 15 is 0 Å². The minimum absolute atomic E-state index is 0.0101. The van der Waals surface area contributed by atoms with Crippen LogP contribution in [0.25, 0.3) is 0 Å². The summed E-state index contributed by atoms with van der Waals surface area (Å²) in [6, 6.07) is 6.21. The number of nitrogens with zero attached hydrogens (tertiary/aromatic N) is 2. The van der Waals surface area contributed by atoms with Gasteiger partial charge in [0.05, 0.1) is 23.8 Å². The Morgan fingerprint density at radius 2 is 2.28 bits per heavy atom. The van der Waals surface area contributed by atoms with Gasteiger partial charge in [-0.1, -0.05) is 6.07 Å². The summed E-state index contributed by atoms with van der Waals surface area (Å²) >= 11 is 5.53. The molecule has 0 saturated carbocycles. The molecule has 0 bridgehead atoms. The summed E-state index contributed by atoms with van der Waals surface area (Å²) in [6.45, 7) is 0.0101. The van der Waals surface area contributed by atoms with E-state index in [0.717, 1.165) is 4.90 Å². The predicted octanol–water partition coefficient (Wildman–Crippen LogP) is 0.970. The molecule has 0 radical (unpaired) electrons. The van der Waals surface area contributed by atoms with Crippen LogP contribution in [0.5, 0.6) is 0 Å². The molecule has 94 valence electrons. The van der Waals surface area contributed by atoms with Crippen LogP contribution in [0.4, 0.5) is 16.2 Å². The molecular formula is C11H11ClN4O2. The number of benzene rings is 1. The Morgan fingerprint density at radius 3 is 2.89 bits per heavy atom. The van der Waals surface area contributed by atoms with Crippen LogP contribution in [-0.2, 0) is 4.79 Å². The highest BCUT2D eigenvalue weighted by Gasteiger charge is 2.29. The third-order valence-corrected chi connectivity index (χ3v) is 2.61. The summed E-state index contributed by atoms with van der Waals surface area (Å²) in [7, 11) is 0. The van der Waals surface area contributed by atoms with Crippen LogP contribution in [0.1, 0.15) is 0 Å². The van der Waals surface area contributed by atoms with Crippen molar-refractivity contribution >= 4 is 40.7 Å². The average Bonchev–Trinajstić information content (AvgIpc) is 2.69. The molecule has 0 atom stereocenters. The maximum absolute atomic E-state index is 11.5. The number of amidine groups is 1. The van der Waals surface area contributed by atoms with Gasteiger partial charge < -0.3 is 11.1 Å². The molecule has 1 aromatic rings. The Labute approximate surface area is 108 Å². The zero-order chi connectivity index (χ0) is 13.1. The van der Waals surface area contributed by atoms with E-state index < -0.39 is 6.03 Å². The minimum atomic E-state index is -0.438. The van der Waals surface area contributed by atoms with Gasteiger partial charge in [0.1, 0.15) is 5.84 Å². The van der Waals surface area contributed by atoms with Crippen molar-refractivity contribution < 1.29 is 9.59 Å². The first-order valence-corrected chi connectivity index (χ1v) is 5.75. The number of nitrogens with one attached hydrogen (secondary N) is 1. The van der Waals surface area contributed by atoms with Crippen LogP contribution < -0.4 is 16.0 Å². The monoisotopic (exact) mass is 266 g/mol. The van der Waals surface area contributed by atoms with Gasteiger partial charge in [-0.25, -0.2) is 14.7 Å². The van der Waals surface area contributed by atoms with Crippen molar-refractivity contribution in [3.8, 4) is 0 Å². The van der Waals surface area contributed by atoms with E-state index in [2.05, 4.69) is 10.3 Å². The van der Waals surface area contributed by atoms with Crippen LogP contribution in [0.2, 0.25) is 0 Å². The molecule has 1 aliphatic heterocycles. The molecule has 18 heavy (non-hydrogen) atoms. The number of amides is 3. The molecule has 1 saturated heterocycles. The lowest BCUT2D eigenvalue weighted by atomic mass is 10.2. The fourth-order valence-electron chi connectivity index (χ4n) is 1.58. The van der Waals surface area contributed by atoms with Crippen molar-refractivity contribution in [2.24, 2.45) is 10.7 Å². The summed E-state index contributed by atoms with van der Waals surface area (Å²) in [5.41, 5.74) is 6.52. The van der Waals surface area contributed by atoms with E-state index in [0.29, 0.717) is 11.4 Å². The van der Waals surface area contributed by atoms with Crippen LogP contribution in [-0.4, -0.2) is 30.2 Å². The largest absolute Gasteiger partial charge is 0.386 e. The van der Waals surface area contributed by atoms with Gasteiger partial charge in [0.2, 0.25) is 0 Å². The van der Waals surface area contributed by atoms with Gasteiger partial charge in [0.25, 0.3) is 5.91 Å². The van der Waals surface area contributed by atoms with Gasteiger partial charge in [-0.15, -0.1) is 11.6 Å². The summed E-state index contributed by atoms with van der Waals surface area (Å²) < 4.78 is 0. The highest BCUT2D eigenvalue weighted by molar-refractivity contribution is 6.28. The zero-order valence-electron chi connectivity index (χ0n) is 9.39. The number of rotatable bonds is 3. The van der Waals surface area contributed by atoms with Gasteiger partial charge in [-0.3, -0.25) is 4.79 Å². The Kier molecular flexibility index (Phi) is 3.47. The number of carbonyl (C=O) groups excluding carboxylic acids is 2. The van der Waals surface area contributed by atoms with Gasteiger partial charge in [-0.2, -0.15) is 0 Å². The molecule has 1 heterocycles. The first-order valence-electron chi connectivity index (χ1n) is 5.21. The van der Waals surface area contributed by atoms with Crippen molar-refractivity contribution in [1.29, 1.82) is 0 Å². The first-order chi connectivity index (χ1) is 8.61. The summed E-state index contributed by atoms with van der Waals surface area (Å²) in [5.74, 6) is 0.0883. The molecule has 0 unspecified atom stereocenters. The van der Waals surface area contributed by atoms with Gasteiger partial charge in [0.15, 0.2) is 0 Å². The lowest BCUT2D eigenvalue weighted by Crippen LogP contribution is -2.30. The quantitative estimate of drug-likeness (QED) is 0.370. The molecular weight excluding hydrogens is 256 g/mol. The third kappa shape index (κ3) is 2.43. The van der Waals surface area contributed by atoms with Crippen LogP contribution in [0.3, 0.4) is 0 Å². The standard InChI is InChI=1S/C11H11ClN4O2/c12-5-9(13)15-7-2-1-3-8(4-7)16-10(17)6-14-11(16)18/h1-4H,5-6H2,(H2,13,15)(H,14,18). The van der Waals surface area contributed by atoms with E-state index in [1.54, 1.807) is 24.3 Å². The maximum Gasteiger partial charge on any atom is 0.329 e. The lowest BCUT2D eigenvalue weighted by molar-refractivity contribution is -0.115. The second-order valence-electron chi connectivity index (χ2n) is 3.64. The molecule has 0 spiro atoms. The topological polar surface area (TPSA) is 87.8 Å². The molecule has 0 aliphatic carbocycles. The number of halogens is 1. The van der Waals surface area contributed by atoms with Crippen molar-refractivity contribution in [2.45, 2.75) is 0 Å². The highest BCUT2D eigenvalue weighted by atomic mass is 35.5. The lowest BCUT2D eigenvalue weighted by Gasteiger charge is -2.12. The van der Waals surface area contributed by atoms with Crippen LogP contribution in [0, 0.1) is 0 Å². The fraction of sp³-hybridized carbons (Fsp3) is 0.182. The number of alkyl halides is 1. The molecule has 1 aromatic carbocycles. The van der Waals surface area contributed by atoms with Gasteiger partial charge in [0, 0.05) is 0 Å². The number of hydrogen-bond donors (Lipinski definition) is 2. The van der Waals surface area contributed by atoms with Gasteiger partial charge in [-0.05, 0) is 18.2 Å². The second-order valence-corrected chi connectivity index (χ2v) is 3.91. The molecule has 1 aliphatic rings. The van der Waals surface area contributed by atoms with E-state index in [1.807, 2.05) is 0 Å². The van der Waals surface area contributed by atoms with E-state index in [4.69, 9.17) is 17.3 Å². The predicted molar refractivity (Wildman–Crippen MR) is 69.3 cm³/mol. The van der Waals surface area contributed by atoms with Crippen molar-refractivity contribution in [3.05, 3.63) is 24.3 Å². The number of carbonyl (C=O) groups is 2. The number of imide groups is 1. The third-order valence-electron chi connectivity index (χ3n) is 2.34. The SMILES string of the molecule is NC(CCl)=Nc1cccc(N2C(=O)CNC2=O)c1. The molecule has 3 N–H and O–H groups in total. The Hall–Kier alpha value is -2.08. The average molecular weight is 267 g/mol. The maximum atomic E-state index is 11.5. The van der Waals surface area contributed by atoms with E-state index in [9.17, 15) is 9.59 Å². The Bertz CT molecular complexity index is 514. The normalized spacial score (nSPS) is 16.1. The smallest absolute Gasteiger partial charge is 0.329 e. The van der Waals surface area contributed by atoms with E-state index in [1.165, 1.54) is 0 Å². The Balaban J connectivity index is 2.33. The van der Waals surface area contributed by atoms with Gasteiger partial charge >= 0.3 is 6.03 Å². The molecule has 7 heteroatoms. The van der Waals surface area contributed by atoms with Crippen molar-refractivity contribution in [1.82, 2.24) is 5.32 Å². The molecule has 6 nitrogen and oxygen atoms in total. The highest BCUT2D eigenvalue weighted by Crippen LogP contribution is 2.23. The zero-order valence-corrected chi connectivity index (χ0v) is 10.1. The number of anilines is 1. The fourth-order valence-corrected chi connectivity index (χ4v) is 1.64. The molecule has 2 rings (SSSR count). The summed E-state index contributed by atoms with van der Waals surface area (Å²) in [4.78, 5) is 28.1. The van der Waals surface area contributed by atoms with Crippen molar-refractivity contribution in [3.63, 3.8) is 0 Å². The van der Waals surface area contributed by atoms with Crippen LogP contribution in [0.15, 0.2) is 29.3 Å². The summed E-state index contributed by atoms with van der Waals surface area (Å²) in [6.07, 6.45) is 0. The minimum Gasteiger partial charge on any atom is -0.386 e. The Morgan fingerprint density at radius 1 is 1.50 bits per heavy atom. The summed E-state index contributed by atoms with van der Waals surface area (Å²) in [5, 5.41) is 2.45. The van der Waals surface area contributed by atoms with Crippen LogP contribution >= 0.6 is 11.6 Å². The number of urea groups is 1. The molecule has 0 aromatic heterocycles. The molecule has 1 fully saturated rings.